The summed E-state index contributed by atoms with van der Waals surface area (Å²) in [5.74, 6) is 12.0. The van der Waals surface area contributed by atoms with Crippen molar-refractivity contribution >= 4 is 22.4 Å². The van der Waals surface area contributed by atoms with Gasteiger partial charge in [-0.1, -0.05) is 72.9 Å². The van der Waals surface area contributed by atoms with Crippen LogP contribution in [0.2, 0.25) is 5.02 Å². The second kappa shape index (κ2) is 10.2. The molecular formula is C30H22ClF. The van der Waals surface area contributed by atoms with Gasteiger partial charge in [0.15, 0.2) is 0 Å². The number of benzene rings is 4. The number of fused-ring (bicyclic) bond motifs is 1. The zero-order valence-electron chi connectivity index (χ0n) is 17.9. The number of hydrogen-bond donors (Lipinski definition) is 0. The summed E-state index contributed by atoms with van der Waals surface area (Å²) in [6, 6.07) is 24.7. The summed E-state index contributed by atoms with van der Waals surface area (Å²) in [5.41, 5.74) is 4.33. The maximum atomic E-state index is 15.0. The molecule has 0 bridgehead atoms. The van der Waals surface area contributed by atoms with Crippen LogP contribution in [-0.2, 0) is 6.42 Å². The Hall–Kier alpha value is -3.52. The van der Waals surface area contributed by atoms with E-state index in [0.717, 1.165) is 28.5 Å². The van der Waals surface area contributed by atoms with Crippen LogP contribution in [0, 0.1) is 29.5 Å². The molecule has 0 heterocycles. The van der Waals surface area contributed by atoms with E-state index in [1.165, 1.54) is 18.4 Å². The van der Waals surface area contributed by atoms with Crippen molar-refractivity contribution in [2.24, 2.45) is 0 Å². The molecule has 2 heteroatoms. The quantitative estimate of drug-likeness (QED) is 0.288. The zero-order valence-corrected chi connectivity index (χ0v) is 18.6. The number of unbranched alkanes of at least 4 members (excludes halogenated alkanes) is 1. The Kier molecular flexibility index (Phi) is 6.91. The summed E-state index contributed by atoms with van der Waals surface area (Å²) >= 11 is 5.89. The van der Waals surface area contributed by atoms with E-state index in [4.69, 9.17) is 11.6 Å². The van der Waals surface area contributed by atoms with E-state index in [-0.39, 0.29) is 5.82 Å². The van der Waals surface area contributed by atoms with Crippen LogP contribution in [0.25, 0.3) is 10.8 Å². The molecule has 0 aliphatic heterocycles. The smallest absolute Gasteiger partial charge is 0.146 e. The maximum absolute atomic E-state index is 15.0. The minimum atomic E-state index is -0.314. The zero-order chi connectivity index (χ0) is 22.3. The van der Waals surface area contributed by atoms with Gasteiger partial charge in [0.25, 0.3) is 0 Å². The molecule has 0 fully saturated rings. The molecule has 4 aromatic carbocycles. The van der Waals surface area contributed by atoms with E-state index in [1.54, 1.807) is 24.3 Å². The highest BCUT2D eigenvalue weighted by Gasteiger charge is 2.06. The molecule has 0 amide bonds. The first-order chi connectivity index (χ1) is 15.6. The molecule has 4 aromatic rings. The third-order valence-corrected chi connectivity index (χ3v) is 5.52. The normalized spacial score (nSPS) is 10.2. The van der Waals surface area contributed by atoms with Gasteiger partial charge in [0, 0.05) is 27.1 Å². The molecule has 0 N–H and O–H groups in total. The molecule has 156 valence electrons. The van der Waals surface area contributed by atoms with Crippen LogP contribution in [0.5, 0.6) is 0 Å². The van der Waals surface area contributed by atoms with Crippen LogP contribution in [0.1, 0.15) is 47.6 Å². The first kappa shape index (κ1) is 21.7. The Morgan fingerprint density at radius 1 is 0.719 bits per heavy atom. The fraction of sp³-hybridized carbons (Fsp3) is 0.133. The lowest BCUT2D eigenvalue weighted by Gasteiger charge is -2.03. The first-order valence-corrected chi connectivity index (χ1v) is 11.1. The Bertz CT molecular complexity index is 1360. The second-order valence-electron chi connectivity index (χ2n) is 7.67. The highest BCUT2D eigenvalue weighted by Crippen LogP contribution is 2.22. The number of halogens is 2. The van der Waals surface area contributed by atoms with Gasteiger partial charge in [-0.2, -0.15) is 0 Å². The summed E-state index contributed by atoms with van der Waals surface area (Å²) in [6.07, 6.45) is 3.50. The Morgan fingerprint density at radius 3 is 2.06 bits per heavy atom. The van der Waals surface area contributed by atoms with Crippen molar-refractivity contribution in [2.45, 2.75) is 26.2 Å². The molecule has 0 aliphatic rings. The summed E-state index contributed by atoms with van der Waals surface area (Å²) < 4.78 is 15.0. The van der Waals surface area contributed by atoms with E-state index in [1.807, 2.05) is 30.3 Å². The van der Waals surface area contributed by atoms with Crippen LogP contribution in [0.3, 0.4) is 0 Å². The van der Waals surface area contributed by atoms with Gasteiger partial charge in [0.05, 0.1) is 5.56 Å². The summed E-state index contributed by atoms with van der Waals surface area (Å²) in [7, 11) is 0. The monoisotopic (exact) mass is 436 g/mol. The molecule has 0 aliphatic carbocycles. The first-order valence-electron chi connectivity index (χ1n) is 10.7. The van der Waals surface area contributed by atoms with Crippen LogP contribution < -0.4 is 0 Å². The molecule has 4 rings (SSSR count). The van der Waals surface area contributed by atoms with E-state index in [9.17, 15) is 4.39 Å². The van der Waals surface area contributed by atoms with Crippen LogP contribution in [0.4, 0.5) is 4.39 Å². The predicted molar refractivity (Wildman–Crippen MR) is 132 cm³/mol. The molecule has 0 atom stereocenters. The average Bonchev–Trinajstić information content (AvgIpc) is 2.82. The van der Waals surface area contributed by atoms with Crippen molar-refractivity contribution in [1.29, 1.82) is 0 Å². The third kappa shape index (κ3) is 5.39. The van der Waals surface area contributed by atoms with Crippen molar-refractivity contribution in [3.8, 4) is 23.7 Å². The SMILES string of the molecule is CCCCc1ccc(C#Cc2ccc3c(F)c(C#Cc4ccc(Cl)cc4)ccc3c2)cc1. The van der Waals surface area contributed by atoms with Gasteiger partial charge in [-0.15, -0.1) is 0 Å². The molecular weight excluding hydrogens is 415 g/mol. The lowest BCUT2D eigenvalue weighted by molar-refractivity contribution is 0.636. The van der Waals surface area contributed by atoms with Crippen molar-refractivity contribution in [3.05, 3.63) is 118 Å². The molecule has 0 radical (unpaired) electrons. The highest BCUT2D eigenvalue weighted by atomic mass is 35.5. The summed E-state index contributed by atoms with van der Waals surface area (Å²) in [6.45, 7) is 2.20. The third-order valence-electron chi connectivity index (χ3n) is 5.26. The number of aryl methyl sites for hydroxylation is 1. The van der Waals surface area contributed by atoms with Crippen LogP contribution in [-0.4, -0.2) is 0 Å². The van der Waals surface area contributed by atoms with Crippen molar-refractivity contribution in [3.63, 3.8) is 0 Å². The van der Waals surface area contributed by atoms with E-state index in [2.05, 4.69) is 54.9 Å². The Labute approximate surface area is 194 Å². The van der Waals surface area contributed by atoms with Gasteiger partial charge in [-0.25, -0.2) is 4.39 Å². The highest BCUT2D eigenvalue weighted by molar-refractivity contribution is 6.30. The van der Waals surface area contributed by atoms with E-state index >= 15 is 0 Å². The molecule has 0 saturated carbocycles. The molecule has 0 spiro atoms. The summed E-state index contributed by atoms with van der Waals surface area (Å²) in [4.78, 5) is 0. The molecule has 0 saturated heterocycles. The molecule has 0 nitrogen and oxygen atoms in total. The number of rotatable bonds is 3. The van der Waals surface area contributed by atoms with Crippen molar-refractivity contribution < 1.29 is 4.39 Å². The van der Waals surface area contributed by atoms with Gasteiger partial charge < -0.3 is 0 Å². The van der Waals surface area contributed by atoms with E-state index < -0.39 is 0 Å². The topological polar surface area (TPSA) is 0 Å². The number of hydrogen-bond acceptors (Lipinski definition) is 0. The Morgan fingerprint density at radius 2 is 1.34 bits per heavy atom. The maximum Gasteiger partial charge on any atom is 0.146 e. The lowest BCUT2D eigenvalue weighted by Crippen LogP contribution is -1.88. The molecule has 32 heavy (non-hydrogen) atoms. The van der Waals surface area contributed by atoms with Gasteiger partial charge >= 0.3 is 0 Å². The fourth-order valence-corrected chi connectivity index (χ4v) is 3.54. The van der Waals surface area contributed by atoms with Gasteiger partial charge in [0.1, 0.15) is 5.82 Å². The largest absolute Gasteiger partial charge is 0.205 e. The van der Waals surface area contributed by atoms with Crippen LogP contribution >= 0.6 is 11.6 Å². The fourth-order valence-electron chi connectivity index (χ4n) is 3.42. The van der Waals surface area contributed by atoms with E-state index in [0.29, 0.717) is 16.0 Å². The second-order valence-corrected chi connectivity index (χ2v) is 8.11. The standard InChI is InChI=1S/C30H22ClF/c1-2-3-4-22-5-7-23(8-6-22)9-10-25-14-20-29-27(21-25)17-16-26(30(29)32)15-11-24-12-18-28(31)19-13-24/h5-8,12-14,16-21H,2-4H2,1H3. The van der Waals surface area contributed by atoms with Gasteiger partial charge in [0.2, 0.25) is 0 Å². The van der Waals surface area contributed by atoms with Crippen LogP contribution in [0.15, 0.2) is 78.9 Å². The van der Waals surface area contributed by atoms with Gasteiger partial charge in [-0.3, -0.25) is 0 Å². The lowest BCUT2D eigenvalue weighted by atomic mass is 10.0. The van der Waals surface area contributed by atoms with Gasteiger partial charge in [-0.05, 0) is 78.4 Å². The molecule has 0 aromatic heterocycles. The average molecular weight is 437 g/mol. The van der Waals surface area contributed by atoms with Crippen molar-refractivity contribution in [2.75, 3.05) is 0 Å². The summed E-state index contributed by atoms with van der Waals surface area (Å²) in [5, 5.41) is 2.00. The minimum Gasteiger partial charge on any atom is -0.205 e. The minimum absolute atomic E-state index is 0.314. The Balaban J connectivity index is 1.55. The van der Waals surface area contributed by atoms with Crippen molar-refractivity contribution in [1.82, 2.24) is 0 Å². The predicted octanol–water partition coefficient (Wildman–Crippen LogP) is 7.77. The molecule has 0 unspecified atom stereocenters.